The zero-order chi connectivity index (χ0) is 15.0. The Morgan fingerprint density at radius 2 is 2.05 bits per heavy atom. The normalized spacial score (nSPS) is 22.7. The first-order valence-electron chi connectivity index (χ1n) is 7.72. The number of piperidine rings is 1. The van der Waals surface area contributed by atoms with Crippen molar-refractivity contribution in [3.05, 3.63) is 29.7 Å². The standard InChI is InChI=1S/C17H22N2O2/c1-11-5-4-6-12(2)19(11)17(20)10-14-7-8-15-16(9-14)21-13(3)18-15/h7-9,11-12H,4-6,10H2,1-3H3. The van der Waals surface area contributed by atoms with Gasteiger partial charge in [0.05, 0.1) is 6.42 Å². The third-order valence-corrected chi connectivity index (χ3v) is 4.40. The van der Waals surface area contributed by atoms with Crippen LogP contribution in [0.25, 0.3) is 11.1 Å². The van der Waals surface area contributed by atoms with E-state index in [4.69, 9.17) is 4.42 Å². The molecular formula is C17H22N2O2. The van der Waals surface area contributed by atoms with Crippen LogP contribution in [0.2, 0.25) is 0 Å². The van der Waals surface area contributed by atoms with Gasteiger partial charge in [-0.3, -0.25) is 4.79 Å². The summed E-state index contributed by atoms with van der Waals surface area (Å²) in [6.07, 6.45) is 3.87. The number of aryl methyl sites for hydroxylation is 1. The van der Waals surface area contributed by atoms with Crippen molar-refractivity contribution < 1.29 is 9.21 Å². The van der Waals surface area contributed by atoms with Crippen molar-refractivity contribution in [2.75, 3.05) is 0 Å². The van der Waals surface area contributed by atoms with Crippen molar-refractivity contribution in [3.63, 3.8) is 0 Å². The minimum Gasteiger partial charge on any atom is -0.441 e. The average Bonchev–Trinajstić information content (AvgIpc) is 2.77. The fourth-order valence-corrected chi connectivity index (χ4v) is 3.37. The fourth-order valence-electron chi connectivity index (χ4n) is 3.37. The van der Waals surface area contributed by atoms with E-state index >= 15 is 0 Å². The molecule has 0 radical (unpaired) electrons. The summed E-state index contributed by atoms with van der Waals surface area (Å²) in [7, 11) is 0. The number of fused-ring (bicyclic) bond motifs is 1. The van der Waals surface area contributed by atoms with Crippen molar-refractivity contribution in [2.45, 2.75) is 58.5 Å². The molecule has 2 unspecified atom stereocenters. The molecule has 0 N–H and O–H groups in total. The number of nitrogens with zero attached hydrogens (tertiary/aromatic N) is 2. The van der Waals surface area contributed by atoms with Gasteiger partial charge in [0.25, 0.3) is 0 Å². The summed E-state index contributed by atoms with van der Waals surface area (Å²) in [5.41, 5.74) is 2.61. The highest BCUT2D eigenvalue weighted by atomic mass is 16.3. The second-order valence-corrected chi connectivity index (χ2v) is 6.14. The molecule has 1 saturated heterocycles. The zero-order valence-corrected chi connectivity index (χ0v) is 12.9. The van der Waals surface area contributed by atoms with Crippen LogP contribution in [0.1, 0.15) is 44.6 Å². The van der Waals surface area contributed by atoms with Crippen LogP contribution in [-0.2, 0) is 11.2 Å². The summed E-state index contributed by atoms with van der Waals surface area (Å²) in [6.45, 7) is 6.13. The van der Waals surface area contributed by atoms with Gasteiger partial charge in [-0.15, -0.1) is 0 Å². The summed E-state index contributed by atoms with van der Waals surface area (Å²) < 4.78 is 5.54. The average molecular weight is 286 g/mol. The largest absolute Gasteiger partial charge is 0.441 e. The van der Waals surface area contributed by atoms with Crippen LogP contribution in [0.15, 0.2) is 22.6 Å². The van der Waals surface area contributed by atoms with Gasteiger partial charge in [-0.25, -0.2) is 4.98 Å². The molecule has 21 heavy (non-hydrogen) atoms. The molecule has 1 aliphatic rings. The van der Waals surface area contributed by atoms with Crippen molar-refractivity contribution in [1.29, 1.82) is 0 Å². The molecule has 4 heteroatoms. The lowest BCUT2D eigenvalue weighted by Gasteiger charge is -2.39. The first-order chi connectivity index (χ1) is 10.0. The number of carbonyl (C=O) groups excluding carboxylic acids is 1. The molecule has 0 bridgehead atoms. The first kappa shape index (κ1) is 14.1. The lowest BCUT2D eigenvalue weighted by Crippen LogP contribution is -2.48. The van der Waals surface area contributed by atoms with Gasteiger partial charge in [-0.1, -0.05) is 6.07 Å². The van der Waals surface area contributed by atoms with Crippen LogP contribution in [0.3, 0.4) is 0 Å². The second kappa shape index (κ2) is 5.51. The van der Waals surface area contributed by atoms with E-state index in [0.717, 1.165) is 29.5 Å². The van der Waals surface area contributed by atoms with Crippen molar-refractivity contribution in [2.24, 2.45) is 0 Å². The number of hydrogen-bond donors (Lipinski definition) is 0. The number of carbonyl (C=O) groups is 1. The van der Waals surface area contributed by atoms with E-state index < -0.39 is 0 Å². The van der Waals surface area contributed by atoms with Crippen LogP contribution >= 0.6 is 0 Å². The predicted molar refractivity (Wildman–Crippen MR) is 82.1 cm³/mol. The van der Waals surface area contributed by atoms with Gasteiger partial charge in [0.15, 0.2) is 11.5 Å². The Morgan fingerprint density at radius 3 is 2.76 bits per heavy atom. The van der Waals surface area contributed by atoms with E-state index in [-0.39, 0.29) is 5.91 Å². The summed E-state index contributed by atoms with van der Waals surface area (Å²) in [6, 6.07) is 6.53. The first-order valence-corrected chi connectivity index (χ1v) is 7.72. The van der Waals surface area contributed by atoms with Crippen molar-refractivity contribution in [1.82, 2.24) is 9.88 Å². The Balaban J connectivity index is 1.78. The number of amides is 1. The fraction of sp³-hybridized carbons (Fsp3) is 0.529. The number of benzene rings is 1. The van der Waals surface area contributed by atoms with E-state index in [9.17, 15) is 4.79 Å². The lowest BCUT2D eigenvalue weighted by molar-refractivity contribution is -0.136. The minimum absolute atomic E-state index is 0.213. The number of hydrogen-bond acceptors (Lipinski definition) is 3. The van der Waals surface area contributed by atoms with E-state index in [2.05, 4.69) is 23.7 Å². The van der Waals surface area contributed by atoms with E-state index in [1.54, 1.807) is 0 Å². The Labute approximate surface area is 125 Å². The molecule has 0 aliphatic carbocycles. The van der Waals surface area contributed by atoms with Gasteiger partial charge in [-0.2, -0.15) is 0 Å². The Bertz CT molecular complexity index is 652. The predicted octanol–water partition coefficient (Wildman–Crippen LogP) is 3.47. The van der Waals surface area contributed by atoms with Crippen molar-refractivity contribution >= 4 is 17.0 Å². The molecule has 1 aromatic carbocycles. The number of rotatable bonds is 2. The topological polar surface area (TPSA) is 46.3 Å². The highest BCUT2D eigenvalue weighted by Gasteiger charge is 2.28. The van der Waals surface area contributed by atoms with Gasteiger partial charge < -0.3 is 9.32 Å². The minimum atomic E-state index is 0.213. The summed E-state index contributed by atoms with van der Waals surface area (Å²) in [4.78, 5) is 18.9. The zero-order valence-electron chi connectivity index (χ0n) is 12.9. The Morgan fingerprint density at radius 1 is 1.33 bits per heavy atom. The molecule has 3 rings (SSSR count). The molecule has 112 valence electrons. The van der Waals surface area contributed by atoms with Crippen LogP contribution in [-0.4, -0.2) is 27.9 Å². The number of likely N-dealkylation sites (tertiary alicyclic amines) is 1. The SMILES string of the molecule is Cc1nc2ccc(CC(=O)N3C(C)CCCC3C)cc2o1. The molecule has 1 aliphatic heterocycles. The molecule has 2 atom stereocenters. The van der Waals surface area contributed by atoms with Gasteiger partial charge in [0, 0.05) is 19.0 Å². The van der Waals surface area contributed by atoms with Crippen LogP contribution in [0.5, 0.6) is 0 Å². The summed E-state index contributed by atoms with van der Waals surface area (Å²) in [5.74, 6) is 0.872. The maximum atomic E-state index is 12.6. The van der Waals surface area contributed by atoms with Crippen LogP contribution in [0.4, 0.5) is 0 Å². The maximum absolute atomic E-state index is 12.6. The van der Waals surface area contributed by atoms with Crippen LogP contribution in [0, 0.1) is 6.92 Å². The van der Waals surface area contributed by atoms with E-state index in [0.29, 0.717) is 24.4 Å². The quantitative estimate of drug-likeness (QED) is 0.849. The second-order valence-electron chi connectivity index (χ2n) is 6.14. The molecule has 2 heterocycles. The summed E-state index contributed by atoms with van der Waals surface area (Å²) >= 11 is 0. The molecule has 0 spiro atoms. The molecule has 0 saturated carbocycles. The number of oxazole rings is 1. The molecule has 4 nitrogen and oxygen atoms in total. The van der Waals surface area contributed by atoms with Gasteiger partial charge in [0.2, 0.25) is 5.91 Å². The lowest BCUT2D eigenvalue weighted by atomic mass is 9.96. The smallest absolute Gasteiger partial charge is 0.227 e. The maximum Gasteiger partial charge on any atom is 0.227 e. The van der Waals surface area contributed by atoms with Gasteiger partial charge >= 0.3 is 0 Å². The van der Waals surface area contributed by atoms with Gasteiger partial charge in [-0.05, 0) is 50.8 Å². The molecule has 2 aromatic rings. The van der Waals surface area contributed by atoms with Gasteiger partial charge in [0.1, 0.15) is 5.52 Å². The molecule has 1 fully saturated rings. The highest BCUT2D eigenvalue weighted by Crippen LogP contribution is 2.24. The Kier molecular flexibility index (Phi) is 3.70. The number of aromatic nitrogens is 1. The molecule has 1 aromatic heterocycles. The van der Waals surface area contributed by atoms with Crippen LogP contribution < -0.4 is 0 Å². The van der Waals surface area contributed by atoms with Crippen molar-refractivity contribution in [3.8, 4) is 0 Å². The molecule has 1 amide bonds. The third kappa shape index (κ3) is 2.80. The summed E-state index contributed by atoms with van der Waals surface area (Å²) in [5, 5.41) is 0. The van der Waals surface area contributed by atoms with E-state index in [1.807, 2.05) is 25.1 Å². The molecular weight excluding hydrogens is 264 g/mol. The Hall–Kier alpha value is -1.84. The third-order valence-electron chi connectivity index (χ3n) is 4.40. The van der Waals surface area contributed by atoms with E-state index in [1.165, 1.54) is 6.42 Å². The monoisotopic (exact) mass is 286 g/mol. The highest BCUT2D eigenvalue weighted by molar-refractivity contribution is 5.81.